The van der Waals surface area contributed by atoms with Crippen LogP contribution in [0.5, 0.6) is 0 Å². The van der Waals surface area contributed by atoms with Crippen LogP contribution in [0, 0.1) is 0 Å². The molecule has 0 amide bonds. The molecule has 66 valence electrons. The molecule has 0 bridgehead atoms. The second-order valence-electron chi connectivity index (χ2n) is 2.70. The van der Waals surface area contributed by atoms with Gasteiger partial charge in [-0.2, -0.15) is 0 Å². The zero-order valence-corrected chi connectivity index (χ0v) is 8.27. The Balaban J connectivity index is 2.86. The minimum absolute atomic E-state index is 0.308. The van der Waals surface area contributed by atoms with Crippen molar-refractivity contribution >= 4 is 11.8 Å². The van der Waals surface area contributed by atoms with Crippen LogP contribution in [0.25, 0.3) is 0 Å². The molecule has 0 aromatic heterocycles. The van der Waals surface area contributed by atoms with Gasteiger partial charge >= 0.3 is 0 Å². The van der Waals surface area contributed by atoms with Crippen LogP contribution in [-0.4, -0.2) is 11.4 Å². The van der Waals surface area contributed by atoms with Crippen LogP contribution in [-0.2, 0) is 0 Å². The van der Waals surface area contributed by atoms with Crippen LogP contribution in [0.15, 0.2) is 29.2 Å². The summed E-state index contributed by atoms with van der Waals surface area (Å²) in [7, 11) is 0. The van der Waals surface area contributed by atoms with Crippen molar-refractivity contribution in [2.75, 3.05) is 6.26 Å². The lowest BCUT2D eigenvalue weighted by Crippen LogP contribution is -1.94. The summed E-state index contributed by atoms with van der Waals surface area (Å²) in [6, 6.07) is 8.04. The quantitative estimate of drug-likeness (QED) is 0.725. The van der Waals surface area contributed by atoms with E-state index in [0.717, 1.165) is 12.0 Å². The molecule has 12 heavy (non-hydrogen) atoms. The molecule has 0 fully saturated rings. The minimum Gasteiger partial charge on any atom is -0.388 e. The topological polar surface area (TPSA) is 20.2 Å². The van der Waals surface area contributed by atoms with Gasteiger partial charge < -0.3 is 5.11 Å². The first kappa shape index (κ1) is 9.62. The molecule has 1 rings (SSSR count). The number of benzene rings is 1. The first-order chi connectivity index (χ1) is 5.77. The third kappa shape index (κ3) is 2.26. The summed E-state index contributed by atoms with van der Waals surface area (Å²) < 4.78 is 0. The van der Waals surface area contributed by atoms with Crippen molar-refractivity contribution in [2.24, 2.45) is 0 Å². The average molecular weight is 182 g/mol. The minimum atomic E-state index is -0.308. The number of aliphatic hydroxyl groups is 1. The van der Waals surface area contributed by atoms with E-state index in [2.05, 4.69) is 6.07 Å². The van der Waals surface area contributed by atoms with Gasteiger partial charge in [-0.05, 0) is 30.4 Å². The second kappa shape index (κ2) is 4.53. The number of hydrogen-bond acceptors (Lipinski definition) is 2. The van der Waals surface area contributed by atoms with Crippen molar-refractivity contribution < 1.29 is 5.11 Å². The van der Waals surface area contributed by atoms with Crippen LogP contribution in [0.1, 0.15) is 25.0 Å². The van der Waals surface area contributed by atoms with E-state index < -0.39 is 0 Å². The van der Waals surface area contributed by atoms with Gasteiger partial charge in [-0.15, -0.1) is 11.8 Å². The smallest absolute Gasteiger partial charge is 0.0787 e. The molecule has 1 N–H and O–H groups in total. The molecule has 0 saturated carbocycles. The maximum absolute atomic E-state index is 9.54. The Labute approximate surface area is 77.8 Å². The standard InChI is InChI=1S/C10H14OS/c1-3-10(11)8-5-4-6-9(7-8)12-2/h4-7,10-11H,3H2,1-2H3. The molecule has 0 radical (unpaired) electrons. The Morgan fingerprint density at radius 1 is 1.50 bits per heavy atom. The first-order valence-electron chi connectivity index (χ1n) is 4.10. The van der Waals surface area contributed by atoms with E-state index in [4.69, 9.17) is 0 Å². The second-order valence-corrected chi connectivity index (χ2v) is 3.58. The van der Waals surface area contributed by atoms with E-state index in [1.807, 2.05) is 31.4 Å². The van der Waals surface area contributed by atoms with Gasteiger partial charge in [0.25, 0.3) is 0 Å². The lowest BCUT2D eigenvalue weighted by molar-refractivity contribution is 0.173. The average Bonchev–Trinajstić information content (AvgIpc) is 2.17. The predicted molar refractivity (Wildman–Crippen MR) is 53.5 cm³/mol. The molecule has 1 unspecified atom stereocenters. The Kier molecular flexibility index (Phi) is 3.63. The van der Waals surface area contributed by atoms with Gasteiger partial charge in [0.15, 0.2) is 0 Å². The third-order valence-electron chi connectivity index (χ3n) is 1.87. The van der Waals surface area contributed by atoms with Gasteiger partial charge in [0.05, 0.1) is 6.10 Å². The highest BCUT2D eigenvalue weighted by molar-refractivity contribution is 7.98. The summed E-state index contributed by atoms with van der Waals surface area (Å²) in [5.41, 5.74) is 1.02. The zero-order valence-electron chi connectivity index (χ0n) is 7.45. The van der Waals surface area contributed by atoms with E-state index in [0.29, 0.717) is 0 Å². The summed E-state index contributed by atoms with van der Waals surface area (Å²) in [6.07, 6.45) is 2.51. The highest BCUT2D eigenvalue weighted by Crippen LogP contribution is 2.21. The highest BCUT2D eigenvalue weighted by Gasteiger charge is 2.03. The number of rotatable bonds is 3. The monoisotopic (exact) mass is 182 g/mol. The fourth-order valence-electron chi connectivity index (χ4n) is 1.08. The lowest BCUT2D eigenvalue weighted by atomic mass is 10.1. The van der Waals surface area contributed by atoms with Crippen LogP contribution in [0.2, 0.25) is 0 Å². The molecule has 1 nitrogen and oxygen atoms in total. The van der Waals surface area contributed by atoms with Crippen LogP contribution < -0.4 is 0 Å². The van der Waals surface area contributed by atoms with E-state index in [-0.39, 0.29) is 6.10 Å². The Bertz CT molecular complexity index is 247. The summed E-state index contributed by atoms with van der Waals surface area (Å²) in [6.45, 7) is 1.98. The van der Waals surface area contributed by atoms with Crippen molar-refractivity contribution in [1.29, 1.82) is 0 Å². The maximum Gasteiger partial charge on any atom is 0.0787 e. The molecule has 1 aromatic rings. The molecule has 1 aromatic carbocycles. The summed E-state index contributed by atoms with van der Waals surface area (Å²) in [4.78, 5) is 1.21. The predicted octanol–water partition coefficient (Wildman–Crippen LogP) is 2.85. The molecule has 0 aliphatic heterocycles. The molecule has 0 spiro atoms. The lowest BCUT2D eigenvalue weighted by Gasteiger charge is -2.08. The molecule has 1 atom stereocenters. The summed E-state index contributed by atoms with van der Waals surface area (Å²) in [5.74, 6) is 0. The number of hydrogen-bond donors (Lipinski definition) is 1. The Morgan fingerprint density at radius 2 is 2.25 bits per heavy atom. The van der Waals surface area contributed by atoms with Crippen molar-refractivity contribution in [1.82, 2.24) is 0 Å². The van der Waals surface area contributed by atoms with Gasteiger partial charge in [-0.1, -0.05) is 19.1 Å². The molecular formula is C10H14OS. The molecular weight excluding hydrogens is 168 g/mol. The van der Waals surface area contributed by atoms with Crippen LogP contribution >= 0.6 is 11.8 Å². The zero-order chi connectivity index (χ0) is 8.97. The van der Waals surface area contributed by atoms with Gasteiger partial charge in [0.2, 0.25) is 0 Å². The fraction of sp³-hybridized carbons (Fsp3) is 0.400. The fourth-order valence-corrected chi connectivity index (χ4v) is 1.55. The molecule has 0 aliphatic carbocycles. The summed E-state index contributed by atoms with van der Waals surface area (Å²) >= 11 is 1.70. The largest absolute Gasteiger partial charge is 0.388 e. The maximum atomic E-state index is 9.54. The van der Waals surface area contributed by atoms with Gasteiger partial charge in [-0.3, -0.25) is 0 Å². The van der Waals surface area contributed by atoms with Crippen molar-refractivity contribution in [3.63, 3.8) is 0 Å². The normalized spacial score (nSPS) is 12.9. The van der Waals surface area contributed by atoms with E-state index in [1.54, 1.807) is 11.8 Å². The number of thioether (sulfide) groups is 1. The van der Waals surface area contributed by atoms with E-state index in [9.17, 15) is 5.11 Å². The van der Waals surface area contributed by atoms with Gasteiger partial charge in [-0.25, -0.2) is 0 Å². The SMILES string of the molecule is CCC(O)c1cccc(SC)c1. The van der Waals surface area contributed by atoms with E-state index in [1.165, 1.54) is 4.90 Å². The van der Waals surface area contributed by atoms with Crippen molar-refractivity contribution in [3.8, 4) is 0 Å². The van der Waals surface area contributed by atoms with Gasteiger partial charge in [0.1, 0.15) is 0 Å². The van der Waals surface area contributed by atoms with Crippen LogP contribution in [0.4, 0.5) is 0 Å². The van der Waals surface area contributed by atoms with Crippen LogP contribution in [0.3, 0.4) is 0 Å². The third-order valence-corrected chi connectivity index (χ3v) is 2.59. The van der Waals surface area contributed by atoms with Gasteiger partial charge in [0, 0.05) is 4.90 Å². The van der Waals surface area contributed by atoms with Crippen molar-refractivity contribution in [3.05, 3.63) is 29.8 Å². The van der Waals surface area contributed by atoms with E-state index >= 15 is 0 Å². The highest BCUT2D eigenvalue weighted by atomic mass is 32.2. The molecule has 0 saturated heterocycles. The Hall–Kier alpha value is -0.470. The molecule has 0 heterocycles. The van der Waals surface area contributed by atoms with Crippen molar-refractivity contribution in [2.45, 2.75) is 24.3 Å². The Morgan fingerprint density at radius 3 is 2.83 bits per heavy atom. The molecule has 2 heteroatoms. The summed E-state index contributed by atoms with van der Waals surface area (Å²) in [5, 5.41) is 9.54. The number of aliphatic hydroxyl groups excluding tert-OH is 1. The first-order valence-corrected chi connectivity index (χ1v) is 5.32. The molecule has 0 aliphatic rings.